The first-order valence-electron chi connectivity index (χ1n) is 6.66. The summed E-state index contributed by atoms with van der Waals surface area (Å²) in [6.45, 7) is 3.16. The summed E-state index contributed by atoms with van der Waals surface area (Å²) in [5.41, 5.74) is 0.970. The first-order valence-corrected chi connectivity index (χ1v) is 6.66. The molecule has 20 heavy (non-hydrogen) atoms. The first kappa shape index (κ1) is 14.0. The van der Waals surface area contributed by atoms with E-state index in [1.54, 1.807) is 17.1 Å². The molecule has 2 rings (SSSR count). The minimum absolute atomic E-state index is 0.0183. The highest BCUT2D eigenvalue weighted by atomic mass is 16.2. The second-order valence-corrected chi connectivity index (χ2v) is 4.60. The van der Waals surface area contributed by atoms with Gasteiger partial charge in [0, 0.05) is 43.3 Å². The van der Waals surface area contributed by atoms with Crippen LogP contribution in [0.15, 0.2) is 42.9 Å². The van der Waals surface area contributed by atoms with Crippen LogP contribution in [0.25, 0.3) is 0 Å². The third kappa shape index (κ3) is 4.72. The number of carbonyl (C=O) groups excluding carboxylic acids is 1. The minimum Gasteiger partial charge on any atom is -0.338 e. The predicted molar refractivity (Wildman–Crippen MR) is 76.2 cm³/mol. The van der Waals surface area contributed by atoms with E-state index in [2.05, 4.69) is 20.7 Å². The van der Waals surface area contributed by atoms with Crippen molar-refractivity contribution in [1.29, 1.82) is 0 Å². The van der Waals surface area contributed by atoms with Crippen LogP contribution in [0, 0.1) is 0 Å². The average Bonchev–Trinajstić information content (AvgIpc) is 2.92. The third-order valence-corrected chi connectivity index (χ3v) is 2.79. The third-order valence-electron chi connectivity index (χ3n) is 2.79. The van der Waals surface area contributed by atoms with Crippen molar-refractivity contribution in [3.05, 3.63) is 48.5 Å². The van der Waals surface area contributed by atoms with Crippen LogP contribution in [0.2, 0.25) is 0 Å². The second-order valence-electron chi connectivity index (χ2n) is 4.60. The number of aromatic nitrogens is 3. The van der Waals surface area contributed by atoms with Gasteiger partial charge in [-0.1, -0.05) is 6.07 Å². The molecule has 0 saturated carbocycles. The summed E-state index contributed by atoms with van der Waals surface area (Å²) >= 11 is 0. The maximum atomic E-state index is 11.7. The van der Waals surface area contributed by atoms with E-state index in [0.29, 0.717) is 13.1 Å². The summed E-state index contributed by atoms with van der Waals surface area (Å²) in [7, 11) is 0. The Hall–Kier alpha value is -2.37. The minimum atomic E-state index is -0.166. The fourth-order valence-electron chi connectivity index (χ4n) is 1.86. The largest absolute Gasteiger partial charge is 0.338 e. The topological polar surface area (TPSA) is 71.8 Å². The highest BCUT2D eigenvalue weighted by Crippen LogP contribution is 1.93. The van der Waals surface area contributed by atoms with Crippen molar-refractivity contribution in [3.8, 4) is 0 Å². The van der Waals surface area contributed by atoms with E-state index in [1.807, 2.05) is 37.4 Å². The zero-order valence-corrected chi connectivity index (χ0v) is 11.5. The van der Waals surface area contributed by atoms with Gasteiger partial charge in [-0.15, -0.1) is 0 Å². The number of nitrogens with zero attached hydrogens (tertiary/aromatic N) is 3. The maximum Gasteiger partial charge on any atom is 0.315 e. The van der Waals surface area contributed by atoms with Crippen molar-refractivity contribution >= 4 is 6.03 Å². The van der Waals surface area contributed by atoms with Gasteiger partial charge in [-0.3, -0.25) is 9.67 Å². The van der Waals surface area contributed by atoms with Crippen LogP contribution in [0.1, 0.15) is 12.6 Å². The molecule has 0 aliphatic carbocycles. The van der Waals surface area contributed by atoms with Crippen LogP contribution in [0.5, 0.6) is 0 Å². The smallest absolute Gasteiger partial charge is 0.315 e. The Morgan fingerprint density at radius 2 is 2.25 bits per heavy atom. The molecule has 0 bridgehead atoms. The number of nitrogens with one attached hydrogen (secondary N) is 2. The molecular weight excluding hydrogens is 254 g/mol. The first-order chi connectivity index (χ1) is 9.74. The van der Waals surface area contributed by atoms with E-state index in [0.717, 1.165) is 12.1 Å². The Balaban J connectivity index is 1.65. The molecule has 2 heterocycles. The molecule has 6 heteroatoms. The monoisotopic (exact) mass is 273 g/mol. The Morgan fingerprint density at radius 1 is 1.35 bits per heavy atom. The lowest BCUT2D eigenvalue weighted by Gasteiger charge is -2.14. The van der Waals surface area contributed by atoms with Gasteiger partial charge in [0.05, 0.1) is 6.54 Å². The van der Waals surface area contributed by atoms with Crippen molar-refractivity contribution < 1.29 is 4.79 Å². The number of carbonyl (C=O) groups is 1. The van der Waals surface area contributed by atoms with Gasteiger partial charge in [0.2, 0.25) is 0 Å². The summed E-state index contributed by atoms with van der Waals surface area (Å²) < 4.78 is 1.79. The SMILES string of the molecule is C[C@H](Cn1cccn1)NC(=O)NCCc1ccccn1. The molecule has 0 spiro atoms. The molecule has 1 atom stereocenters. The molecule has 2 aromatic heterocycles. The molecule has 0 saturated heterocycles. The van der Waals surface area contributed by atoms with Gasteiger partial charge in [-0.25, -0.2) is 4.79 Å². The molecule has 0 fully saturated rings. The molecule has 2 amide bonds. The molecule has 0 unspecified atom stereocenters. The number of hydrogen-bond donors (Lipinski definition) is 2. The van der Waals surface area contributed by atoms with E-state index in [9.17, 15) is 4.79 Å². The van der Waals surface area contributed by atoms with E-state index in [4.69, 9.17) is 0 Å². The van der Waals surface area contributed by atoms with E-state index in [1.165, 1.54) is 0 Å². The van der Waals surface area contributed by atoms with Gasteiger partial charge in [0.1, 0.15) is 0 Å². The zero-order chi connectivity index (χ0) is 14.2. The van der Waals surface area contributed by atoms with Crippen molar-refractivity contribution in [2.45, 2.75) is 25.9 Å². The lowest BCUT2D eigenvalue weighted by Crippen LogP contribution is -2.43. The molecule has 0 aliphatic heterocycles. The van der Waals surface area contributed by atoms with Crippen LogP contribution in [0.3, 0.4) is 0 Å². The number of urea groups is 1. The Bertz CT molecular complexity index is 512. The molecule has 0 aromatic carbocycles. The van der Waals surface area contributed by atoms with E-state index >= 15 is 0 Å². The second kappa shape index (κ2) is 7.28. The van der Waals surface area contributed by atoms with Gasteiger partial charge in [-0.05, 0) is 25.1 Å². The van der Waals surface area contributed by atoms with Gasteiger partial charge in [0.25, 0.3) is 0 Å². The highest BCUT2D eigenvalue weighted by Gasteiger charge is 2.07. The summed E-state index contributed by atoms with van der Waals surface area (Å²) in [5.74, 6) is 0. The van der Waals surface area contributed by atoms with E-state index < -0.39 is 0 Å². The quantitative estimate of drug-likeness (QED) is 0.831. The summed E-state index contributed by atoms with van der Waals surface area (Å²) in [6.07, 6.45) is 6.07. The molecule has 0 radical (unpaired) electrons. The Labute approximate surface area is 118 Å². The Morgan fingerprint density at radius 3 is 2.95 bits per heavy atom. The van der Waals surface area contributed by atoms with Crippen LogP contribution in [-0.4, -0.2) is 33.4 Å². The van der Waals surface area contributed by atoms with E-state index in [-0.39, 0.29) is 12.1 Å². The predicted octanol–water partition coefficient (Wildman–Crippen LogP) is 1.21. The number of amides is 2. The standard InChI is InChI=1S/C14H19N5O/c1-12(11-19-10-4-8-17-19)18-14(20)16-9-6-13-5-2-3-7-15-13/h2-5,7-8,10,12H,6,9,11H2,1H3,(H2,16,18,20)/t12-/m1/s1. The van der Waals surface area contributed by atoms with Gasteiger partial charge >= 0.3 is 6.03 Å². The normalized spacial score (nSPS) is 11.8. The Kier molecular flexibility index (Phi) is 5.11. The maximum absolute atomic E-state index is 11.7. The molecule has 2 N–H and O–H groups in total. The average molecular weight is 273 g/mol. The lowest BCUT2D eigenvalue weighted by atomic mass is 10.3. The highest BCUT2D eigenvalue weighted by molar-refractivity contribution is 5.74. The summed E-state index contributed by atoms with van der Waals surface area (Å²) in [6, 6.07) is 7.47. The summed E-state index contributed by atoms with van der Waals surface area (Å²) in [4.78, 5) is 15.9. The molecule has 6 nitrogen and oxygen atoms in total. The van der Waals surface area contributed by atoms with Crippen LogP contribution < -0.4 is 10.6 Å². The summed E-state index contributed by atoms with van der Waals surface area (Å²) in [5, 5.41) is 9.80. The number of rotatable bonds is 6. The molecule has 0 aliphatic rings. The van der Waals surface area contributed by atoms with Crippen LogP contribution in [-0.2, 0) is 13.0 Å². The molecule has 106 valence electrons. The number of hydrogen-bond acceptors (Lipinski definition) is 3. The van der Waals surface area contributed by atoms with Crippen molar-refractivity contribution in [2.75, 3.05) is 6.54 Å². The van der Waals surface area contributed by atoms with Gasteiger partial charge < -0.3 is 10.6 Å². The number of pyridine rings is 1. The van der Waals surface area contributed by atoms with Crippen molar-refractivity contribution in [1.82, 2.24) is 25.4 Å². The van der Waals surface area contributed by atoms with Crippen LogP contribution >= 0.6 is 0 Å². The van der Waals surface area contributed by atoms with Crippen molar-refractivity contribution in [2.24, 2.45) is 0 Å². The van der Waals surface area contributed by atoms with Gasteiger partial charge in [-0.2, -0.15) is 5.10 Å². The molecule has 2 aromatic rings. The fraction of sp³-hybridized carbons (Fsp3) is 0.357. The lowest BCUT2D eigenvalue weighted by molar-refractivity contribution is 0.236. The van der Waals surface area contributed by atoms with Gasteiger partial charge in [0.15, 0.2) is 0 Å². The van der Waals surface area contributed by atoms with Crippen molar-refractivity contribution in [3.63, 3.8) is 0 Å². The van der Waals surface area contributed by atoms with Crippen LogP contribution in [0.4, 0.5) is 4.79 Å². The fourth-order valence-corrected chi connectivity index (χ4v) is 1.86. The zero-order valence-electron chi connectivity index (χ0n) is 11.5. The molecular formula is C14H19N5O.